The second kappa shape index (κ2) is 7.55. The number of methoxy groups -OCH3 is 1. The summed E-state index contributed by atoms with van der Waals surface area (Å²) in [5.41, 5.74) is 6.03. The van der Waals surface area contributed by atoms with Gasteiger partial charge in [0, 0.05) is 12.1 Å². The molecule has 1 aromatic rings. The van der Waals surface area contributed by atoms with Crippen molar-refractivity contribution in [3.05, 3.63) is 23.8 Å². The first-order valence-electron chi connectivity index (χ1n) is 5.96. The van der Waals surface area contributed by atoms with E-state index in [0.717, 1.165) is 18.5 Å². The van der Waals surface area contributed by atoms with E-state index in [1.165, 1.54) is 0 Å². The average Bonchev–Trinajstić information content (AvgIpc) is 2.37. The van der Waals surface area contributed by atoms with E-state index in [2.05, 4.69) is 12.2 Å². The van der Waals surface area contributed by atoms with E-state index in [-0.39, 0.29) is 6.61 Å². The van der Waals surface area contributed by atoms with Crippen LogP contribution in [-0.2, 0) is 11.3 Å². The van der Waals surface area contributed by atoms with Crippen LogP contribution in [0.5, 0.6) is 11.5 Å². The fourth-order valence-electron chi connectivity index (χ4n) is 1.57. The van der Waals surface area contributed by atoms with Crippen LogP contribution in [0.15, 0.2) is 18.2 Å². The summed E-state index contributed by atoms with van der Waals surface area (Å²) < 4.78 is 10.6. The predicted octanol–water partition coefficient (Wildman–Crippen LogP) is 1.06. The van der Waals surface area contributed by atoms with Gasteiger partial charge in [-0.1, -0.05) is 19.1 Å². The summed E-state index contributed by atoms with van der Waals surface area (Å²) in [6.07, 6.45) is 1.06. The quantitative estimate of drug-likeness (QED) is 0.678. The highest BCUT2D eigenvalue weighted by atomic mass is 16.5. The van der Waals surface area contributed by atoms with Gasteiger partial charge in [0.2, 0.25) is 0 Å². The van der Waals surface area contributed by atoms with Gasteiger partial charge in [-0.3, -0.25) is 4.79 Å². The van der Waals surface area contributed by atoms with Crippen molar-refractivity contribution in [2.24, 2.45) is 5.73 Å². The maximum Gasteiger partial charge on any atom is 0.255 e. The molecule has 0 spiro atoms. The van der Waals surface area contributed by atoms with Gasteiger partial charge in [-0.15, -0.1) is 0 Å². The number of ether oxygens (including phenoxy) is 2. The molecule has 18 heavy (non-hydrogen) atoms. The summed E-state index contributed by atoms with van der Waals surface area (Å²) >= 11 is 0. The normalized spacial score (nSPS) is 10.1. The first-order valence-corrected chi connectivity index (χ1v) is 5.96. The number of carbonyl (C=O) groups is 1. The number of hydrogen-bond donors (Lipinski definition) is 2. The Morgan fingerprint density at radius 1 is 1.44 bits per heavy atom. The molecule has 0 radical (unpaired) electrons. The molecule has 0 atom stereocenters. The number of primary amides is 1. The Bertz CT molecular complexity index is 394. The number of benzene rings is 1. The van der Waals surface area contributed by atoms with Gasteiger partial charge < -0.3 is 20.5 Å². The Kier molecular flexibility index (Phi) is 6.00. The molecule has 0 fully saturated rings. The van der Waals surface area contributed by atoms with E-state index in [1.807, 2.05) is 12.1 Å². The summed E-state index contributed by atoms with van der Waals surface area (Å²) in [7, 11) is 1.57. The van der Waals surface area contributed by atoms with Crippen molar-refractivity contribution in [3.63, 3.8) is 0 Å². The smallest absolute Gasteiger partial charge is 0.255 e. The minimum absolute atomic E-state index is 0.152. The number of nitrogens with one attached hydrogen (secondary N) is 1. The van der Waals surface area contributed by atoms with Gasteiger partial charge in [-0.05, 0) is 19.0 Å². The Morgan fingerprint density at radius 2 is 2.22 bits per heavy atom. The van der Waals surface area contributed by atoms with Crippen molar-refractivity contribution in [3.8, 4) is 11.5 Å². The monoisotopic (exact) mass is 252 g/mol. The number of amides is 1. The zero-order chi connectivity index (χ0) is 13.4. The lowest BCUT2D eigenvalue weighted by atomic mass is 10.2. The largest absolute Gasteiger partial charge is 0.493 e. The fraction of sp³-hybridized carbons (Fsp3) is 0.462. The number of hydrogen-bond acceptors (Lipinski definition) is 4. The molecule has 5 nitrogen and oxygen atoms in total. The second-order valence-corrected chi connectivity index (χ2v) is 3.88. The number of carbonyl (C=O) groups excluding carboxylic acids is 1. The molecule has 0 saturated heterocycles. The zero-order valence-corrected chi connectivity index (χ0v) is 10.9. The van der Waals surface area contributed by atoms with Crippen LogP contribution in [0.4, 0.5) is 0 Å². The Hall–Kier alpha value is -1.75. The van der Waals surface area contributed by atoms with Gasteiger partial charge in [0.1, 0.15) is 0 Å². The molecule has 5 heteroatoms. The molecule has 0 heterocycles. The topological polar surface area (TPSA) is 73.6 Å². The molecule has 0 aromatic heterocycles. The van der Waals surface area contributed by atoms with Gasteiger partial charge in [-0.2, -0.15) is 0 Å². The van der Waals surface area contributed by atoms with Crippen LogP contribution in [0.3, 0.4) is 0 Å². The third-order valence-electron chi connectivity index (χ3n) is 2.38. The third kappa shape index (κ3) is 4.25. The number of para-hydroxylation sites is 1. The van der Waals surface area contributed by atoms with E-state index in [0.29, 0.717) is 18.0 Å². The van der Waals surface area contributed by atoms with Crippen molar-refractivity contribution in [2.75, 3.05) is 20.3 Å². The predicted molar refractivity (Wildman–Crippen MR) is 69.7 cm³/mol. The highest BCUT2D eigenvalue weighted by Gasteiger charge is 2.11. The van der Waals surface area contributed by atoms with Crippen LogP contribution < -0.4 is 20.5 Å². The number of nitrogens with two attached hydrogens (primary N) is 1. The van der Waals surface area contributed by atoms with E-state index < -0.39 is 5.91 Å². The zero-order valence-electron chi connectivity index (χ0n) is 10.9. The van der Waals surface area contributed by atoms with E-state index >= 15 is 0 Å². The Balaban J connectivity index is 2.82. The Labute approximate surface area is 107 Å². The van der Waals surface area contributed by atoms with E-state index in [1.54, 1.807) is 13.2 Å². The lowest BCUT2D eigenvalue weighted by Crippen LogP contribution is -2.21. The fourth-order valence-corrected chi connectivity index (χ4v) is 1.57. The molecular formula is C13H20N2O3. The third-order valence-corrected chi connectivity index (χ3v) is 2.38. The molecule has 0 unspecified atom stereocenters. The maximum absolute atomic E-state index is 10.8. The van der Waals surface area contributed by atoms with Crippen LogP contribution in [-0.4, -0.2) is 26.2 Å². The summed E-state index contributed by atoms with van der Waals surface area (Å²) in [6.45, 7) is 3.54. The van der Waals surface area contributed by atoms with Crippen LogP contribution in [0.25, 0.3) is 0 Å². The molecule has 1 amide bonds. The van der Waals surface area contributed by atoms with Crippen LogP contribution in [0.2, 0.25) is 0 Å². The lowest BCUT2D eigenvalue weighted by molar-refractivity contribution is -0.119. The molecule has 100 valence electrons. The SMILES string of the molecule is CCCNCc1cccc(OC)c1OCC(N)=O. The van der Waals surface area contributed by atoms with E-state index in [4.69, 9.17) is 15.2 Å². The van der Waals surface area contributed by atoms with Gasteiger partial charge in [-0.25, -0.2) is 0 Å². The van der Waals surface area contributed by atoms with Gasteiger partial charge in [0.05, 0.1) is 7.11 Å². The maximum atomic E-state index is 10.8. The van der Waals surface area contributed by atoms with Crippen molar-refractivity contribution in [1.82, 2.24) is 5.32 Å². The van der Waals surface area contributed by atoms with Crippen molar-refractivity contribution >= 4 is 5.91 Å². The molecule has 3 N–H and O–H groups in total. The Morgan fingerprint density at radius 3 is 2.83 bits per heavy atom. The molecule has 0 aliphatic rings. The summed E-state index contributed by atoms with van der Waals surface area (Å²) in [6, 6.07) is 5.61. The van der Waals surface area contributed by atoms with Gasteiger partial charge >= 0.3 is 0 Å². The minimum atomic E-state index is -0.506. The average molecular weight is 252 g/mol. The van der Waals surface area contributed by atoms with Crippen LogP contribution in [0, 0.1) is 0 Å². The molecule has 1 rings (SSSR count). The highest BCUT2D eigenvalue weighted by molar-refractivity contribution is 5.75. The molecule has 0 aliphatic heterocycles. The molecule has 0 aliphatic carbocycles. The molecule has 1 aromatic carbocycles. The first-order chi connectivity index (χ1) is 8.69. The van der Waals surface area contributed by atoms with E-state index in [9.17, 15) is 4.79 Å². The van der Waals surface area contributed by atoms with Gasteiger partial charge in [0.25, 0.3) is 5.91 Å². The van der Waals surface area contributed by atoms with Gasteiger partial charge in [0.15, 0.2) is 18.1 Å². The summed E-state index contributed by atoms with van der Waals surface area (Å²) in [5.74, 6) is 0.669. The second-order valence-electron chi connectivity index (χ2n) is 3.88. The van der Waals surface area contributed by atoms with Crippen LogP contribution >= 0.6 is 0 Å². The lowest BCUT2D eigenvalue weighted by Gasteiger charge is -2.14. The number of rotatable bonds is 8. The first kappa shape index (κ1) is 14.3. The standard InChI is InChI=1S/C13H20N2O3/c1-3-7-15-8-10-5-4-6-11(17-2)13(10)18-9-12(14)16/h4-6,15H,3,7-9H2,1-2H3,(H2,14,16). The summed E-state index contributed by atoms with van der Waals surface area (Å²) in [5, 5.41) is 3.28. The van der Waals surface area contributed by atoms with Crippen molar-refractivity contribution < 1.29 is 14.3 Å². The molecular weight excluding hydrogens is 232 g/mol. The highest BCUT2D eigenvalue weighted by Crippen LogP contribution is 2.30. The molecule has 0 bridgehead atoms. The minimum Gasteiger partial charge on any atom is -0.493 e. The van der Waals surface area contributed by atoms with Crippen molar-refractivity contribution in [1.29, 1.82) is 0 Å². The summed E-state index contributed by atoms with van der Waals surface area (Å²) in [4.78, 5) is 10.8. The molecule has 0 saturated carbocycles. The van der Waals surface area contributed by atoms with Crippen molar-refractivity contribution in [2.45, 2.75) is 19.9 Å². The van der Waals surface area contributed by atoms with Crippen LogP contribution in [0.1, 0.15) is 18.9 Å².